The summed E-state index contributed by atoms with van der Waals surface area (Å²) in [6, 6.07) is 6.69. The summed E-state index contributed by atoms with van der Waals surface area (Å²) in [6.07, 6.45) is 0.661. The molecule has 0 aliphatic heterocycles. The predicted octanol–water partition coefficient (Wildman–Crippen LogP) is 5.10. The van der Waals surface area contributed by atoms with Crippen LogP contribution in [0.15, 0.2) is 24.3 Å². The molecule has 0 saturated heterocycles. The Hall–Kier alpha value is -0.740. The minimum Gasteiger partial charge on any atom is -0.486 e. The van der Waals surface area contributed by atoms with Crippen LogP contribution >= 0.6 is 46.1 Å². The number of rotatable bonds is 4. The van der Waals surface area contributed by atoms with Crippen molar-refractivity contribution < 1.29 is 9.53 Å². The van der Waals surface area contributed by atoms with E-state index in [1.807, 2.05) is 6.07 Å². The van der Waals surface area contributed by atoms with Gasteiger partial charge in [-0.25, -0.2) is 0 Å². The fourth-order valence-corrected chi connectivity index (χ4v) is 2.96. The molecule has 0 fully saturated rings. The molecule has 1 aromatic heterocycles. The molecule has 18 heavy (non-hydrogen) atoms. The predicted molar refractivity (Wildman–Crippen MR) is 75.5 cm³/mol. The first-order valence-electron chi connectivity index (χ1n) is 4.91. The van der Waals surface area contributed by atoms with Gasteiger partial charge in [-0.15, -0.1) is 11.3 Å². The highest BCUT2D eigenvalue weighted by atomic mass is 35.5. The first-order chi connectivity index (χ1) is 8.60. The number of carbonyl (C=O) groups is 1. The van der Waals surface area contributed by atoms with Gasteiger partial charge < -0.3 is 4.74 Å². The normalized spacial score (nSPS) is 10.4. The second kappa shape index (κ2) is 5.93. The van der Waals surface area contributed by atoms with Crippen LogP contribution in [0.4, 0.5) is 0 Å². The molecule has 0 bridgehead atoms. The van der Waals surface area contributed by atoms with E-state index in [4.69, 9.17) is 39.5 Å². The Morgan fingerprint density at radius 2 is 2.00 bits per heavy atom. The van der Waals surface area contributed by atoms with Gasteiger partial charge in [0.2, 0.25) is 0 Å². The zero-order chi connectivity index (χ0) is 13.1. The molecule has 0 aliphatic carbocycles. The van der Waals surface area contributed by atoms with Crippen LogP contribution in [0.2, 0.25) is 14.4 Å². The van der Waals surface area contributed by atoms with Gasteiger partial charge in [0.25, 0.3) is 0 Å². The summed E-state index contributed by atoms with van der Waals surface area (Å²) in [7, 11) is 0. The number of benzene rings is 1. The number of thiophene rings is 1. The van der Waals surface area contributed by atoms with E-state index < -0.39 is 0 Å². The molecular weight excluding hydrogens is 315 g/mol. The van der Waals surface area contributed by atoms with Crippen LogP contribution in [0, 0.1) is 0 Å². The molecule has 0 unspecified atom stereocenters. The van der Waals surface area contributed by atoms with E-state index in [2.05, 4.69) is 0 Å². The lowest BCUT2D eigenvalue weighted by atomic mass is 10.2. The second-order valence-corrected chi connectivity index (χ2v) is 6.06. The summed E-state index contributed by atoms with van der Waals surface area (Å²) >= 11 is 19.0. The highest BCUT2D eigenvalue weighted by Gasteiger charge is 2.11. The number of aldehydes is 1. The fraction of sp³-hybridized carbons (Fsp3) is 0.0833. The number of hydrogen-bond donors (Lipinski definition) is 0. The Balaban J connectivity index is 2.20. The smallest absolute Gasteiger partial charge is 0.153 e. The molecule has 2 aromatic rings. The fourth-order valence-electron chi connectivity index (χ4n) is 1.39. The molecule has 2 rings (SSSR count). The van der Waals surface area contributed by atoms with Gasteiger partial charge in [-0.2, -0.15) is 0 Å². The Morgan fingerprint density at radius 1 is 1.22 bits per heavy atom. The quantitative estimate of drug-likeness (QED) is 0.732. The highest BCUT2D eigenvalue weighted by molar-refractivity contribution is 7.16. The van der Waals surface area contributed by atoms with Crippen molar-refractivity contribution in [2.24, 2.45) is 0 Å². The van der Waals surface area contributed by atoms with E-state index in [1.54, 1.807) is 6.07 Å². The Kier molecular flexibility index (Phi) is 4.51. The van der Waals surface area contributed by atoms with E-state index in [-0.39, 0.29) is 0 Å². The van der Waals surface area contributed by atoms with Crippen molar-refractivity contribution in [3.63, 3.8) is 0 Å². The first-order valence-corrected chi connectivity index (χ1v) is 6.86. The maximum absolute atomic E-state index is 10.9. The first kappa shape index (κ1) is 13.7. The minimum atomic E-state index is 0.305. The number of hydrogen-bond acceptors (Lipinski definition) is 3. The third-order valence-electron chi connectivity index (χ3n) is 2.15. The average molecular weight is 322 g/mol. The van der Waals surface area contributed by atoms with Crippen LogP contribution in [-0.2, 0) is 6.61 Å². The molecule has 94 valence electrons. The van der Waals surface area contributed by atoms with E-state index in [1.165, 1.54) is 23.5 Å². The van der Waals surface area contributed by atoms with Gasteiger partial charge in [-0.1, -0.05) is 34.8 Å². The third kappa shape index (κ3) is 3.18. The van der Waals surface area contributed by atoms with Crippen molar-refractivity contribution in [3.8, 4) is 5.75 Å². The number of halogens is 3. The Bertz CT molecular complexity index is 581. The molecule has 2 nitrogen and oxygen atoms in total. The van der Waals surface area contributed by atoms with Crippen molar-refractivity contribution in [1.82, 2.24) is 0 Å². The highest BCUT2D eigenvalue weighted by Crippen LogP contribution is 2.32. The zero-order valence-corrected chi connectivity index (χ0v) is 12.0. The SMILES string of the molecule is O=Cc1cc(Cl)cc(Cl)c1OCc1ccc(Cl)s1. The summed E-state index contributed by atoms with van der Waals surface area (Å²) in [5.41, 5.74) is 0.329. The van der Waals surface area contributed by atoms with Crippen molar-refractivity contribution in [1.29, 1.82) is 0 Å². The lowest BCUT2D eigenvalue weighted by molar-refractivity contribution is 0.111. The van der Waals surface area contributed by atoms with Gasteiger partial charge >= 0.3 is 0 Å². The van der Waals surface area contributed by atoms with Crippen LogP contribution in [-0.4, -0.2) is 6.29 Å². The van der Waals surface area contributed by atoms with E-state index >= 15 is 0 Å². The van der Waals surface area contributed by atoms with Crippen LogP contribution in [0.3, 0.4) is 0 Å². The molecule has 0 spiro atoms. The van der Waals surface area contributed by atoms with Crippen LogP contribution in [0.25, 0.3) is 0 Å². The van der Waals surface area contributed by atoms with Gasteiger partial charge in [0.15, 0.2) is 6.29 Å². The van der Waals surface area contributed by atoms with Crippen molar-refractivity contribution in [2.75, 3.05) is 0 Å². The second-order valence-electron chi connectivity index (χ2n) is 3.42. The molecule has 1 aromatic carbocycles. The van der Waals surface area contributed by atoms with Crippen LogP contribution in [0.1, 0.15) is 15.2 Å². The molecule has 0 radical (unpaired) electrons. The third-order valence-corrected chi connectivity index (χ3v) is 3.86. The summed E-state index contributed by atoms with van der Waals surface area (Å²) in [6.45, 7) is 0.305. The molecule has 0 atom stereocenters. The van der Waals surface area contributed by atoms with E-state index in [0.29, 0.717) is 38.6 Å². The monoisotopic (exact) mass is 320 g/mol. The summed E-state index contributed by atoms with van der Waals surface area (Å²) in [5.74, 6) is 0.334. The molecule has 1 heterocycles. The van der Waals surface area contributed by atoms with Crippen molar-refractivity contribution in [2.45, 2.75) is 6.61 Å². The van der Waals surface area contributed by atoms with Crippen molar-refractivity contribution in [3.05, 3.63) is 49.1 Å². The minimum absolute atomic E-state index is 0.305. The average Bonchev–Trinajstić information content (AvgIpc) is 2.73. The number of carbonyl (C=O) groups excluding carboxylic acids is 1. The standard InChI is InChI=1S/C12H7Cl3O2S/c13-8-3-7(5-16)12(10(14)4-8)17-6-9-1-2-11(15)18-9/h1-5H,6H2. The molecule has 0 aliphatic rings. The van der Waals surface area contributed by atoms with E-state index in [0.717, 1.165) is 4.88 Å². The topological polar surface area (TPSA) is 26.3 Å². The van der Waals surface area contributed by atoms with E-state index in [9.17, 15) is 4.79 Å². The van der Waals surface area contributed by atoms with Gasteiger partial charge in [0.05, 0.1) is 14.9 Å². The molecule has 0 saturated carbocycles. The molecule has 6 heteroatoms. The summed E-state index contributed by atoms with van der Waals surface area (Å²) < 4.78 is 6.23. The number of ether oxygens (including phenoxy) is 1. The van der Waals surface area contributed by atoms with Gasteiger partial charge in [-0.05, 0) is 24.3 Å². The maximum atomic E-state index is 10.9. The largest absolute Gasteiger partial charge is 0.486 e. The van der Waals surface area contributed by atoms with Gasteiger partial charge in [-0.3, -0.25) is 4.79 Å². The molecule has 0 amide bonds. The summed E-state index contributed by atoms with van der Waals surface area (Å²) in [5, 5.41) is 0.709. The lowest BCUT2D eigenvalue weighted by Gasteiger charge is -2.09. The zero-order valence-electron chi connectivity index (χ0n) is 8.95. The van der Waals surface area contributed by atoms with Gasteiger partial charge in [0.1, 0.15) is 12.4 Å². The van der Waals surface area contributed by atoms with Crippen LogP contribution in [0.5, 0.6) is 5.75 Å². The van der Waals surface area contributed by atoms with Gasteiger partial charge in [0, 0.05) is 9.90 Å². The molecule has 0 N–H and O–H groups in total. The molecular formula is C12H7Cl3O2S. The Morgan fingerprint density at radius 3 is 2.61 bits per heavy atom. The van der Waals surface area contributed by atoms with Crippen LogP contribution < -0.4 is 4.74 Å². The maximum Gasteiger partial charge on any atom is 0.153 e. The van der Waals surface area contributed by atoms with Crippen molar-refractivity contribution >= 4 is 52.4 Å². The Labute approximate surface area is 123 Å². The lowest BCUT2D eigenvalue weighted by Crippen LogP contribution is -1.97. The summed E-state index contributed by atoms with van der Waals surface area (Å²) in [4.78, 5) is 11.9.